The molecule has 2 aromatic carbocycles. The summed E-state index contributed by atoms with van der Waals surface area (Å²) in [5.74, 6) is 2.43. The van der Waals surface area contributed by atoms with Gasteiger partial charge in [-0.2, -0.15) is 0 Å². The lowest BCUT2D eigenvalue weighted by atomic mass is 10.1. The number of aromatic nitrogens is 4. The first-order chi connectivity index (χ1) is 17.0. The van der Waals surface area contributed by atoms with Gasteiger partial charge in [-0.3, -0.25) is 9.36 Å². The maximum absolute atomic E-state index is 12.7. The van der Waals surface area contributed by atoms with Crippen LogP contribution in [0, 0.1) is 13.8 Å². The van der Waals surface area contributed by atoms with Crippen LogP contribution >= 0.6 is 11.8 Å². The van der Waals surface area contributed by atoms with Gasteiger partial charge in [0.15, 0.2) is 16.7 Å². The lowest BCUT2D eigenvalue weighted by molar-refractivity contribution is -0.118. The van der Waals surface area contributed by atoms with Gasteiger partial charge in [-0.25, -0.2) is 0 Å². The Morgan fingerprint density at radius 1 is 1.09 bits per heavy atom. The minimum atomic E-state index is -0.0767. The Bertz CT molecular complexity index is 1380. The molecule has 4 aromatic rings. The highest BCUT2D eigenvalue weighted by Crippen LogP contribution is 2.32. The van der Waals surface area contributed by atoms with Gasteiger partial charge in [-0.15, -0.1) is 10.2 Å². The van der Waals surface area contributed by atoms with Crippen LogP contribution in [0.15, 0.2) is 59.9 Å². The molecule has 8 nitrogen and oxygen atoms in total. The first-order valence-corrected chi connectivity index (χ1v) is 12.4. The molecule has 1 amide bonds. The standard InChI is InChI=1S/C26H27N5O3S/c1-17-6-4-8-21(18(17)2)31-24(13-20-7-5-11-30(20)3)28-29-26(31)35-15-25(32)27-14-19-9-10-22-23(12-19)34-16-33-22/h4-12H,13-16H2,1-3H3,(H,27,32). The van der Waals surface area contributed by atoms with E-state index < -0.39 is 0 Å². The molecule has 9 heteroatoms. The normalized spacial score (nSPS) is 12.2. The van der Waals surface area contributed by atoms with E-state index in [-0.39, 0.29) is 18.5 Å². The summed E-state index contributed by atoms with van der Waals surface area (Å²) in [4.78, 5) is 12.7. The van der Waals surface area contributed by atoms with Crippen molar-refractivity contribution in [2.24, 2.45) is 7.05 Å². The molecule has 0 radical (unpaired) electrons. The third-order valence-electron chi connectivity index (χ3n) is 6.17. The number of benzene rings is 2. The minimum absolute atomic E-state index is 0.0767. The molecule has 0 unspecified atom stereocenters. The molecule has 1 aliphatic rings. The third kappa shape index (κ3) is 4.90. The molecular weight excluding hydrogens is 462 g/mol. The van der Waals surface area contributed by atoms with Crippen LogP contribution in [0.3, 0.4) is 0 Å². The number of hydrogen-bond donors (Lipinski definition) is 1. The van der Waals surface area contributed by atoms with Crippen LogP contribution in [-0.2, 0) is 24.8 Å². The summed E-state index contributed by atoms with van der Waals surface area (Å²) in [7, 11) is 2.02. The number of thioether (sulfide) groups is 1. The van der Waals surface area contributed by atoms with E-state index in [4.69, 9.17) is 9.47 Å². The number of fused-ring (bicyclic) bond motifs is 1. The highest BCUT2D eigenvalue weighted by Gasteiger charge is 2.19. The Labute approximate surface area is 208 Å². The molecule has 0 bridgehead atoms. The van der Waals surface area contributed by atoms with Crippen molar-refractivity contribution in [3.8, 4) is 17.2 Å². The molecule has 0 saturated heterocycles. The van der Waals surface area contributed by atoms with E-state index in [1.807, 2.05) is 43.6 Å². The van der Waals surface area contributed by atoms with Crippen LogP contribution in [0.1, 0.15) is 28.2 Å². The van der Waals surface area contributed by atoms with Crippen molar-refractivity contribution in [3.05, 3.63) is 82.9 Å². The summed E-state index contributed by atoms with van der Waals surface area (Å²) < 4.78 is 14.9. The predicted octanol–water partition coefficient (Wildman–Crippen LogP) is 3.95. The number of hydrogen-bond acceptors (Lipinski definition) is 6. The average Bonchev–Trinajstić information content (AvgIpc) is 3.58. The smallest absolute Gasteiger partial charge is 0.231 e. The predicted molar refractivity (Wildman–Crippen MR) is 134 cm³/mol. The average molecular weight is 490 g/mol. The Balaban J connectivity index is 1.32. The first-order valence-electron chi connectivity index (χ1n) is 11.4. The molecule has 0 saturated carbocycles. The number of aryl methyl sites for hydroxylation is 2. The van der Waals surface area contributed by atoms with E-state index in [0.29, 0.717) is 23.9 Å². The third-order valence-corrected chi connectivity index (χ3v) is 7.10. The van der Waals surface area contributed by atoms with Gasteiger partial charge in [0.05, 0.1) is 11.4 Å². The summed E-state index contributed by atoms with van der Waals surface area (Å²) in [6.45, 7) is 4.84. The fourth-order valence-corrected chi connectivity index (χ4v) is 4.80. The van der Waals surface area contributed by atoms with Gasteiger partial charge in [0.25, 0.3) is 0 Å². The Hall–Kier alpha value is -3.72. The summed E-state index contributed by atoms with van der Waals surface area (Å²) in [6, 6.07) is 16.0. The van der Waals surface area contributed by atoms with Crippen molar-refractivity contribution < 1.29 is 14.3 Å². The molecule has 0 spiro atoms. The largest absolute Gasteiger partial charge is 0.454 e. The van der Waals surface area contributed by atoms with Gasteiger partial charge >= 0.3 is 0 Å². The monoisotopic (exact) mass is 489 g/mol. The van der Waals surface area contributed by atoms with Gasteiger partial charge < -0.3 is 19.4 Å². The molecule has 0 aliphatic carbocycles. The fourth-order valence-electron chi connectivity index (χ4n) is 4.00. The maximum atomic E-state index is 12.7. The summed E-state index contributed by atoms with van der Waals surface area (Å²) >= 11 is 1.38. The number of carbonyl (C=O) groups is 1. The highest BCUT2D eigenvalue weighted by molar-refractivity contribution is 7.99. The number of ether oxygens (including phenoxy) is 2. The van der Waals surface area contributed by atoms with Crippen LogP contribution in [0.2, 0.25) is 0 Å². The van der Waals surface area contributed by atoms with Crippen LogP contribution in [0.5, 0.6) is 11.5 Å². The maximum Gasteiger partial charge on any atom is 0.231 e. The highest BCUT2D eigenvalue weighted by atomic mass is 32.2. The van der Waals surface area contributed by atoms with Gasteiger partial charge in [-0.1, -0.05) is 30.0 Å². The first kappa shape index (κ1) is 23.0. The quantitative estimate of drug-likeness (QED) is 0.378. The van der Waals surface area contributed by atoms with E-state index in [2.05, 4.69) is 56.7 Å². The molecule has 35 heavy (non-hydrogen) atoms. The molecule has 2 aromatic heterocycles. The van der Waals surface area contributed by atoms with E-state index in [1.54, 1.807) is 0 Å². The lowest BCUT2D eigenvalue weighted by Crippen LogP contribution is -2.24. The molecule has 3 heterocycles. The SMILES string of the molecule is Cc1cccc(-n2c(Cc3cccn3C)nnc2SCC(=O)NCc2ccc3c(c2)OCO3)c1C. The second-order valence-electron chi connectivity index (χ2n) is 8.49. The molecule has 1 N–H and O–H groups in total. The molecule has 0 atom stereocenters. The fraction of sp³-hybridized carbons (Fsp3) is 0.269. The van der Waals surface area contributed by atoms with Crippen LogP contribution < -0.4 is 14.8 Å². The molecule has 0 fully saturated rings. The zero-order valence-electron chi connectivity index (χ0n) is 19.9. The summed E-state index contributed by atoms with van der Waals surface area (Å²) in [5.41, 5.74) is 5.48. The van der Waals surface area contributed by atoms with Crippen LogP contribution in [0.4, 0.5) is 0 Å². The Kier molecular flexibility index (Phi) is 6.50. The number of carbonyl (C=O) groups excluding carboxylic acids is 1. The summed E-state index contributed by atoms with van der Waals surface area (Å²) in [5, 5.41) is 12.6. The number of rotatable bonds is 8. The number of nitrogens with zero attached hydrogens (tertiary/aromatic N) is 4. The van der Waals surface area contributed by atoms with E-state index in [9.17, 15) is 4.79 Å². The van der Waals surface area contributed by atoms with E-state index >= 15 is 0 Å². The van der Waals surface area contributed by atoms with Crippen molar-refractivity contribution in [2.45, 2.75) is 32.0 Å². The minimum Gasteiger partial charge on any atom is -0.454 e. The van der Waals surface area contributed by atoms with Crippen molar-refractivity contribution in [2.75, 3.05) is 12.5 Å². The molecule has 5 rings (SSSR count). The molecule has 180 valence electrons. The second-order valence-corrected chi connectivity index (χ2v) is 9.44. The van der Waals surface area contributed by atoms with Crippen molar-refractivity contribution in [1.82, 2.24) is 24.6 Å². The topological polar surface area (TPSA) is 83.2 Å². The van der Waals surface area contributed by atoms with Crippen LogP contribution in [0.25, 0.3) is 5.69 Å². The molecule has 1 aliphatic heterocycles. The van der Waals surface area contributed by atoms with Gasteiger partial charge in [0.2, 0.25) is 12.7 Å². The number of nitrogens with one attached hydrogen (secondary N) is 1. The van der Waals surface area contributed by atoms with Crippen LogP contribution in [-0.4, -0.2) is 37.8 Å². The number of amides is 1. The van der Waals surface area contributed by atoms with Crippen molar-refractivity contribution >= 4 is 17.7 Å². The lowest BCUT2D eigenvalue weighted by Gasteiger charge is -2.14. The van der Waals surface area contributed by atoms with Gasteiger partial charge in [0, 0.05) is 31.9 Å². The Morgan fingerprint density at radius 3 is 2.77 bits per heavy atom. The van der Waals surface area contributed by atoms with E-state index in [0.717, 1.165) is 34.1 Å². The van der Waals surface area contributed by atoms with Crippen molar-refractivity contribution in [1.29, 1.82) is 0 Å². The van der Waals surface area contributed by atoms with Gasteiger partial charge in [-0.05, 0) is 60.9 Å². The zero-order valence-corrected chi connectivity index (χ0v) is 20.8. The Morgan fingerprint density at radius 2 is 1.94 bits per heavy atom. The van der Waals surface area contributed by atoms with Gasteiger partial charge in [0.1, 0.15) is 5.82 Å². The van der Waals surface area contributed by atoms with Crippen molar-refractivity contribution in [3.63, 3.8) is 0 Å². The van der Waals surface area contributed by atoms with E-state index in [1.165, 1.54) is 17.3 Å². The summed E-state index contributed by atoms with van der Waals surface area (Å²) in [6.07, 6.45) is 2.66. The zero-order chi connectivity index (χ0) is 24.4. The second kappa shape index (κ2) is 9.87. The molecular formula is C26H27N5O3S.